The summed E-state index contributed by atoms with van der Waals surface area (Å²) >= 11 is 0. The van der Waals surface area contributed by atoms with Gasteiger partial charge in [-0.25, -0.2) is 4.79 Å². The third-order valence-corrected chi connectivity index (χ3v) is 3.65. The lowest BCUT2D eigenvalue weighted by Gasteiger charge is -2.34. The SMILES string of the molecule is COC(=O)NC1CCCN(c2ccc3c(c2)OCO3)C1. The molecule has 0 saturated carbocycles. The molecule has 1 unspecified atom stereocenters. The van der Waals surface area contributed by atoms with Crippen LogP contribution >= 0.6 is 0 Å². The first kappa shape index (κ1) is 12.9. The summed E-state index contributed by atoms with van der Waals surface area (Å²) in [6, 6.07) is 6.05. The highest BCUT2D eigenvalue weighted by Gasteiger charge is 2.23. The van der Waals surface area contributed by atoms with Crippen LogP contribution in [0, 0.1) is 0 Å². The van der Waals surface area contributed by atoms with Gasteiger partial charge >= 0.3 is 6.09 Å². The quantitative estimate of drug-likeness (QED) is 0.893. The number of piperidine rings is 1. The molecule has 6 heteroatoms. The molecule has 2 aliphatic heterocycles. The Morgan fingerprint density at radius 3 is 3.10 bits per heavy atom. The predicted molar refractivity (Wildman–Crippen MR) is 73.3 cm³/mol. The second-order valence-corrected chi connectivity index (χ2v) is 4.96. The third-order valence-electron chi connectivity index (χ3n) is 3.65. The summed E-state index contributed by atoms with van der Waals surface area (Å²) in [5.74, 6) is 1.57. The molecule has 0 aliphatic carbocycles. The standard InChI is InChI=1S/C14H18N2O4/c1-18-14(17)15-10-3-2-6-16(8-10)11-4-5-12-13(7-11)20-9-19-12/h4-5,7,10H,2-3,6,8-9H2,1H3,(H,15,17). The van der Waals surface area contributed by atoms with Gasteiger partial charge in [0.2, 0.25) is 6.79 Å². The number of anilines is 1. The molecule has 0 spiro atoms. The summed E-state index contributed by atoms with van der Waals surface area (Å²) in [5.41, 5.74) is 1.09. The first-order valence-corrected chi connectivity index (χ1v) is 6.75. The average molecular weight is 278 g/mol. The number of amides is 1. The highest BCUT2D eigenvalue weighted by atomic mass is 16.7. The highest BCUT2D eigenvalue weighted by Crippen LogP contribution is 2.36. The summed E-state index contributed by atoms with van der Waals surface area (Å²) in [6.45, 7) is 2.03. The van der Waals surface area contributed by atoms with Crippen LogP contribution in [0.4, 0.5) is 10.5 Å². The van der Waals surface area contributed by atoms with Gasteiger partial charge in [-0.1, -0.05) is 0 Å². The molecule has 1 aromatic rings. The molecule has 1 fully saturated rings. The van der Waals surface area contributed by atoms with E-state index >= 15 is 0 Å². The Morgan fingerprint density at radius 1 is 1.40 bits per heavy atom. The molecule has 1 atom stereocenters. The van der Waals surface area contributed by atoms with Gasteiger partial charge in [0, 0.05) is 30.9 Å². The fourth-order valence-electron chi connectivity index (χ4n) is 2.64. The predicted octanol–water partition coefficient (Wildman–Crippen LogP) is 1.74. The van der Waals surface area contributed by atoms with Gasteiger partial charge in [0.25, 0.3) is 0 Å². The number of hydrogen-bond donors (Lipinski definition) is 1. The smallest absolute Gasteiger partial charge is 0.407 e. The average Bonchev–Trinajstić information content (AvgIpc) is 2.94. The number of rotatable bonds is 2. The molecule has 108 valence electrons. The minimum atomic E-state index is -0.373. The van der Waals surface area contributed by atoms with Crippen LogP contribution in [0.15, 0.2) is 18.2 Å². The fraction of sp³-hybridized carbons (Fsp3) is 0.500. The van der Waals surface area contributed by atoms with Gasteiger partial charge < -0.3 is 24.4 Å². The summed E-state index contributed by atoms with van der Waals surface area (Å²) in [4.78, 5) is 13.5. The van der Waals surface area contributed by atoms with Crippen molar-refractivity contribution >= 4 is 11.8 Å². The van der Waals surface area contributed by atoms with E-state index in [9.17, 15) is 4.79 Å². The van der Waals surface area contributed by atoms with Crippen LogP contribution < -0.4 is 19.7 Å². The van der Waals surface area contributed by atoms with Crippen molar-refractivity contribution in [2.75, 3.05) is 31.9 Å². The van der Waals surface area contributed by atoms with Gasteiger partial charge in [-0.2, -0.15) is 0 Å². The Bertz CT molecular complexity index is 506. The van der Waals surface area contributed by atoms with Crippen molar-refractivity contribution in [1.82, 2.24) is 5.32 Å². The van der Waals surface area contributed by atoms with Gasteiger partial charge in [0.05, 0.1) is 7.11 Å². The van der Waals surface area contributed by atoms with Crippen LogP contribution in [0.1, 0.15) is 12.8 Å². The first-order valence-electron chi connectivity index (χ1n) is 6.75. The van der Waals surface area contributed by atoms with E-state index in [-0.39, 0.29) is 18.9 Å². The van der Waals surface area contributed by atoms with E-state index in [1.165, 1.54) is 7.11 Å². The minimum Gasteiger partial charge on any atom is -0.454 e. The molecule has 0 bridgehead atoms. The lowest BCUT2D eigenvalue weighted by atomic mass is 10.0. The van der Waals surface area contributed by atoms with E-state index in [4.69, 9.17) is 9.47 Å². The molecule has 3 rings (SSSR count). The van der Waals surface area contributed by atoms with Crippen molar-refractivity contribution in [3.05, 3.63) is 18.2 Å². The van der Waals surface area contributed by atoms with E-state index < -0.39 is 0 Å². The zero-order valence-corrected chi connectivity index (χ0v) is 11.4. The second kappa shape index (κ2) is 5.48. The number of methoxy groups -OCH3 is 1. The van der Waals surface area contributed by atoms with Crippen molar-refractivity contribution in [3.63, 3.8) is 0 Å². The van der Waals surface area contributed by atoms with Crippen LogP contribution in [-0.4, -0.2) is 39.1 Å². The molecule has 6 nitrogen and oxygen atoms in total. The van der Waals surface area contributed by atoms with Crippen molar-refractivity contribution < 1.29 is 19.0 Å². The van der Waals surface area contributed by atoms with Crippen LogP contribution in [0.2, 0.25) is 0 Å². The zero-order chi connectivity index (χ0) is 13.9. The second-order valence-electron chi connectivity index (χ2n) is 4.96. The lowest BCUT2D eigenvalue weighted by Crippen LogP contribution is -2.47. The number of nitrogens with one attached hydrogen (secondary N) is 1. The van der Waals surface area contributed by atoms with Gasteiger partial charge in [0.15, 0.2) is 11.5 Å². The van der Waals surface area contributed by atoms with E-state index in [1.54, 1.807) is 0 Å². The molecule has 0 radical (unpaired) electrons. The number of alkyl carbamates (subject to hydrolysis) is 1. The largest absolute Gasteiger partial charge is 0.454 e. The zero-order valence-electron chi connectivity index (χ0n) is 11.4. The minimum absolute atomic E-state index is 0.113. The topological polar surface area (TPSA) is 60.0 Å². The van der Waals surface area contributed by atoms with Crippen molar-refractivity contribution in [3.8, 4) is 11.5 Å². The molecule has 1 amide bonds. The van der Waals surface area contributed by atoms with Gasteiger partial charge in [0.1, 0.15) is 0 Å². The Hall–Kier alpha value is -2.11. The summed E-state index contributed by atoms with van der Waals surface area (Å²) in [5, 5.41) is 2.86. The molecule has 2 heterocycles. The van der Waals surface area contributed by atoms with Crippen LogP contribution in [-0.2, 0) is 4.74 Å². The summed E-state index contributed by atoms with van der Waals surface area (Å²) in [7, 11) is 1.38. The molecular formula is C14H18N2O4. The number of hydrogen-bond acceptors (Lipinski definition) is 5. The fourth-order valence-corrected chi connectivity index (χ4v) is 2.64. The van der Waals surface area contributed by atoms with E-state index in [2.05, 4.69) is 15.0 Å². The number of ether oxygens (including phenoxy) is 3. The van der Waals surface area contributed by atoms with Gasteiger partial charge in [-0.3, -0.25) is 0 Å². The molecule has 1 N–H and O–H groups in total. The van der Waals surface area contributed by atoms with Crippen LogP contribution in [0.25, 0.3) is 0 Å². The maximum atomic E-state index is 11.3. The number of fused-ring (bicyclic) bond motifs is 1. The van der Waals surface area contributed by atoms with Crippen LogP contribution in [0.3, 0.4) is 0 Å². The van der Waals surface area contributed by atoms with E-state index in [0.717, 1.165) is 43.1 Å². The Kier molecular flexibility index (Phi) is 3.54. The van der Waals surface area contributed by atoms with E-state index in [0.29, 0.717) is 0 Å². The maximum Gasteiger partial charge on any atom is 0.407 e. The summed E-state index contributed by atoms with van der Waals surface area (Å²) < 4.78 is 15.4. The van der Waals surface area contributed by atoms with Gasteiger partial charge in [-0.05, 0) is 25.0 Å². The van der Waals surface area contributed by atoms with Crippen LogP contribution in [0.5, 0.6) is 11.5 Å². The maximum absolute atomic E-state index is 11.3. The molecule has 0 aromatic heterocycles. The number of nitrogens with zero attached hydrogens (tertiary/aromatic N) is 1. The molecular weight excluding hydrogens is 260 g/mol. The number of benzene rings is 1. The normalized spacial score (nSPS) is 20.6. The van der Waals surface area contributed by atoms with Gasteiger partial charge in [-0.15, -0.1) is 0 Å². The van der Waals surface area contributed by atoms with Crippen molar-refractivity contribution in [2.45, 2.75) is 18.9 Å². The number of carbonyl (C=O) groups is 1. The number of carbonyl (C=O) groups excluding carboxylic acids is 1. The third kappa shape index (κ3) is 2.59. The lowest BCUT2D eigenvalue weighted by molar-refractivity contribution is 0.165. The Morgan fingerprint density at radius 2 is 2.25 bits per heavy atom. The summed E-state index contributed by atoms with van der Waals surface area (Å²) in [6.07, 6.45) is 1.63. The van der Waals surface area contributed by atoms with Crippen molar-refractivity contribution in [2.24, 2.45) is 0 Å². The Labute approximate surface area is 117 Å². The molecule has 20 heavy (non-hydrogen) atoms. The first-order chi connectivity index (χ1) is 9.76. The molecule has 1 aromatic carbocycles. The van der Waals surface area contributed by atoms with E-state index in [1.807, 2.05) is 18.2 Å². The molecule has 2 aliphatic rings. The Balaban J connectivity index is 1.69. The molecule has 1 saturated heterocycles. The monoisotopic (exact) mass is 278 g/mol. The van der Waals surface area contributed by atoms with Crippen molar-refractivity contribution in [1.29, 1.82) is 0 Å². The highest BCUT2D eigenvalue weighted by molar-refractivity contribution is 5.67.